The number of primary amides is 1. The van der Waals surface area contributed by atoms with Gasteiger partial charge >= 0.3 is 5.97 Å². The maximum Gasteiger partial charge on any atom is 0.347 e. The number of carbonyl (C=O) groups excluding carboxylic acids is 3. The monoisotopic (exact) mass is 394 g/mol. The van der Waals surface area contributed by atoms with Crippen LogP contribution in [0.3, 0.4) is 0 Å². The van der Waals surface area contributed by atoms with E-state index in [1.165, 1.54) is 0 Å². The number of aryl methyl sites for hydroxylation is 1. The lowest BCUT2D eigenvalue weighted by Crippen LogP contribution is -2.26. The fourth-order valence-electron chi connectivity index (χ4n) is 2.42. The largest absolute Gasteiger partial charge is 0.505 e. The maximum atomic E-state index is 12.6. The molecule has 0 aliphatic carbocycles. The SMILES string of the molecule is CCOC(=O)/C(C(N)=O)=C(O)/C(=C/C(=O)c1ccccc1)Nc1ccc(C)cc1. The molecule has 4 N–H and O–H groups in total. The van der Waals surface area contributed by atoms with Crippen LogP contribution in [0.25, 0.3) is 0 Å². The number of amides is 1. The lowest BCUT2D eigenvalue weighted by molar-refractivity contribution is -0.140. The molecule has 0 saturated heterocycles. The van der Waals surface area contributed by atoms with Gasteiger partial charge in [-0.25, -0.2) is 4.79 Å². The minimum absolute atomic E-state index is 0.0176. The van der Waals surface area contributed by atoms with E-state index >= 15 is 0 Å². The second-order valence-corrected chi connectivity index (χ2v) is 6.09. The predicted octanol–water partition coefficient (Wildman–Crippen LogP) is 3.03. The number of nitrogens with one attached hydrogen (secondary N) is 1. The van der Waals surface area contributed by atoms with Gasteiger partial charge in [0.25, 0.3) is 5.91 Å². The second-order valence-electron chi connectivity index (χ2n) is 6.09. The molecule has 29 heavy (non-hydrogen) atoms. The van der Waals surface area contributed by atoms with Crippen molar-refractivity contribution in [1.82, 2.24) is 0 Å². The number of hydrogen-bond donors (Lipinski definition) is 3. The minimum Gasteiger partial charge on any atom is -0.505 e. The van der Waals surface area contributed by atoms with Crippen molar-refractivity contribution in [3.8, 4) is 0 Å². The Bertz CT molecular complexity index is 960. The summed E-state index contributed by atoms with van der Waals surface area (Å²) in [4.78, 5) is 36.5. The Morgan fingerprint density at radius 2 is 1.69 bits per heavy atom. The molecule has 0 saturated carbocycles. The molecule has 0 aliphatic heterocycles. The van der Waals surface area contributed by atoms with Gasteiger partial charge in [0.15, 0.2) is 17.1 Å². The van der Waals surface area contributed by atoms with Gasteiger partial charge in [0, 0.05) is 17.3 Å². The van der Waals surface area contributed by atoms with Crippen LogP contribution in [0.2, 0.25) is 0 Å². The van der Waals surface area contributed by atoms with Crippen LogP contribution in [0.15, 0.2) is 77.7 Å². The molecule has 0 fully saturated rings. The van der Waals surface area contributed by atoms with Crippen molar-refractivity contribution in [2.75, 3.05) is 11.9 Å². The van der Waals surface area contributed by atoms with Crippen LogP contribution in [-0.4, -0.2) is 29.4 Å². The standard InChI is InChI=1S/C22H22N2O5/c1-3-29-22(28)19(21(23)27)20(26)17(24-16-11-9-14(2)10-12-16)13-18(25)15-7-5-4-6-8-15/h4-13,24,26H,3H2,1-2H3,(H2,23,27)/b17-13-,20-19-. The van der Waals surface area contributed by atoms with Crippen LogP contribution in [0.4, 0.5) is 5.69 Å². The van der Waals surface area contributed by atoms with Crippen LogP contribution in [0.1, 0.15) is 22.8 Å². The molecule has 7 nitrogen and oxygen atoms in total. The van der Waals surface area contributed by atoms with E-state index in [1.54, 1.807) is 49.4 Å². The lowest BCUT2D eigenvalue weighted by Gasteiger charge is -2.13. The number of hydrogen-bond acceptors (Lipinski definition) is 6. The Labute approximate surface area is 168 Å². The molecule has 0 unspecified atom stereocenters. The first-order chi connectivity index (χ1) is 13.8. The van der Waals surface area contributed by atoms with E-state index in [1.807, 2.05) is 19.1 Å². The van der Waals surface area contributed by atoms with E-state index < -0.39 is 29.0 Å². The molecule has 0 radical (unpaired) electrons. The Morgan fingerprint density at radius 3 is 2.24 bits per heavy atom. The number of carbonyl (C=O) groups is 3. The quantitative estimate of drug-likeness (QED) is 0.120. The average Bonchev–Trinajstić information content (AvgIpc) is 2.69. The molecule has 0 atom stereocenters. The summed E-state index contributed by atoms with van der Waals surface area (Å²) in [5, 5.41) is 13.5. The van der Waals surface area contributed by atoms with E-state index in [0.717, 1.165) is 11.6 Å². The van der Waals surface area contributed by atoms with Gasteiger partial charge in [-0.2, -0.15) is 0 Å². The zero-order valence-electron chi connectivity index (χ0n) is 16.1. The first-order valence-corrected chi connectivity index (χ1v) is 8.88. The Balaban J connectivity index is 2.55. The summed E-state index contributed by atoms with van der Waals surface area (Å²) in [6.07, 6.45) is 1.09. The number of anilines is 1. The average molecular weight is 394 g/mol. The highest BCUT2D eigenvalue weighted by Crippen LogP contribution is 2.19. The van der Waals surface area contributed by atoms with Crippen LogP contribution >= 0.6 is 0 Å². The van der Waals surface area contributed by atoms with Crippen LogP contribution < -0.4 is 11.1 Å². The number of ketones is 1. The van der Waals surface area contributed by atoms with E-state index in [-0.39, 0.29) is 12.3 Å². The molecule has 2 aromatic carbocycles. The highest BCUT2D eigenvalue weighted by atomic mass is 16.5. The van der Waals surface area contributed by atoms with Crippen molar-refractivity contribution in [3.63, 3.8) is 0 Å². The number of nitrogens with two attached hydrogens (primary N) is 1. The van der Waals surface area contributed by atoms with Gasteiger partial charge in [-0.15, -0.1) is 0 Å². The summed E-state index contributed by atoms with van der Waals surface area (Å²) in [7, 11) is 0. The van der Waals surface area contributed by atoms with Crippen molar-refractivity contribution < 1.29 is 24.2 Å². The molecule has 0 spiro atoms. The number of allylic oxidation sites excluding steroid dienone is 1. The summed E-state index contributed by atoms with van der Waals surface area (Å²) in [5.74, 6) is -3.48. The first-order valence-electron chi connectivity index (χ1n) is 8.88. The van der Waals surface area contributed by atoms with E-state index in [4.69, 9.17) is 10.5 Å². The fraction of sp³-hybridized carbons (Fsp3) is 0.136. The Kier molecular flexibility index (Phi) is 7.31. The van der Waals surface area contributed by atoms with Gasteiger partial charge in [-0.1, -0.05) is 48.0 Å². The molecule has 2 rings (SSSR count). The normalized spacial score (nSPS) is 12.0. The summed E-state index contributed by atoms with van der Waals surface area (Å²) in [6, 6.07) is 15.4. The maximum absolute atomic E-state index is 12.6. The number of ether oxygens (including phenoxy) is 1. The highest BCUT2D eigenvalue weighted by molar-refractivity contribution is 6.17. The fourth-order valence-corrected chi connectivity index (χ4v) is 2.42. The third-order valence-electron chi connectivity index (χ3n) is 3.88. The van der Waals surface area contributed by atoms with Crippen molar-refractivity contribution in [3.05, 3.63) is 88.8 Å². The van der Waals surface area contributed by atoms with Crippen LogP contribution in [0, 0.1) is 6.92 Å². The van der Waals surface area contributed by atoms with Gasteiger partial charge in [-0.05, 0) is 26.0 Å². The Morgan fingerprint density at radius 1 is 1.07 bits per heavy atom. The van der Waals surface area contributed by atoms with Crippen molar-refractivity contribution >= 4 is 23.3 Å². The summed E-state index contributed by atoms with van der Waals surface area (Å²) in [6.45, 7) is 3.44. The molecular formula is C22H22N2O5. The topological polar surface area (TPSA) is 119 Å². The number of benzene rings is 2. The zero-order valence-corrected chi connectivity index (χ0v) is 16.1. The lowest BCUT2D eigenvalue weighted by atomic mass is 10.1. The molecule has 0 heterocycles. The Hall–Kier alpha value is -3.87. The van der Waals surface area contributed by atoms with E-state index in [2.05, 4.69) is 5.32 Å². The molecular weight excluding hydrogens is 372 g/mol. The molecule has 0 bridgehead atoms. The molecule has 0 aromatic heterocycles. The first kappa shape index (κ1) is 21.4. The van der Waals surface area contributed by atoms with Gasteiger partial charge in [-0.3, -0.25) is 9.59 Å². The number of aliphatic hydroxyl groups excluding tert-OH is 1. The molecule has 2 aromatic rings. The van der Waals surface area contributed by atoms with E-state index in [9.17, 15) is 19.5 Å². The molecule has 7 heteroatoms. The van der Waals surface area contributed by atoms with Crippen molar-refractivity contribution in [2.45, 2.75) is 13.8 Å². The highest BCUT2D eigenvalue weighted by Gasteiger charge is 2.25. The second kappa shape index (κ2) is 9.89. The third kappa shape index (κ3) is 5.80. The van der Waals surface area contributed by atoms with Crippen molar-refractivity contribution in [2.24, 2.45) is 5.73 Å². The van der Waals surface area contributed by atoms with Crippen LogP contribution in [-0.2, 0) is 14.3 Å². The summed E-state index contributed by atoms with van der Waals surface area (Å²) < 4.78 is 4.79. The van der Waals surface area contributed by atoms with Crippen LogP contribution in [0.5, 0.6) is 0 Å². The molecule has 1 amide bonds. The summed E-state index contributed by atoms with van der Waals surface area (Å²) >= 11 is 0. The zero-order chi connectivity index (χ0) is 21.4. The number of rotatable bonds is 8. The number of aliphatic hydroxyl groups is 1. The van der Waals surface area contributed by atoms with Gasteiger partial charge < -0.3 is 20.9 Å². The van der Waals surface area contributed by atoms with Crippen molar-refractivity contribution in [1.29, 1.82) is 0 Å². The van der Waals surface area contributed by atoms with Gasteiger partial charge in [0.1, 0.15) is 0 Å². The summed E-state index contributed by atoms with van der Waals surface area (Å²) in [5.41, 5.74) is 6.25. The smallest absolute Gasteiger partial charge is 0.347 e. The number of esters is 1. The molecule has 0 aliphatic rings. The van der Waals surface area contributed by atoms with Gasteiger partial charge in [0.05, 0.1) is 12.3 Å². The van der Waals surface area contributed by atoms with E-state index in [0.29, 0.717) is 11.3 Å². The third-order valence-corrected chi connectivity index (χ3v) is 3.88. The predicted molar refractivity (Wildman–Crippen MR) is 109 cm³/mol. The molecule has 150 valence electrons. The van der Waals surface area contributed by atoms with Gasteiger partial charge in [0.2, 0.25) is 0 Å². The minimum atomic E-state index is -1.18.